The van der Waals surface area contributed by atoms with E-state index < -0.39 is 0 Å². The number of aliphatic hydroxyl groups is 2. The summed E-state index contributed by atoms with van der Waals surface area (Å²) in [6, 6.07) is 0. The molecule has 4 aliphatic rings. The Bertz CT molecular complexity index is 588. The summed E-state index contributed by atoms with van der Waals surface area (Å²) in [5.74, 6) is 1.44. The minimum atomic E-state index is -0.287. The van der Waals surface area contributed by atoms with Crippen LogP contribution in [0.1, 0.15) is 58.3 Å². The van der Waals surface area contributed by atoms with E-state index in [1.165, 1.54) is 11.1 Å². The quantitative estimate of drug-likeness (QED) is 0.769. The maximum absolute atomic E-state index is 13.1. The molecule has 126 valence electrons. The van der Waals surface area contributed by atoms with Crippen LogP contribution in [0, 0.1) is 23.2 Å². The molecular formula is C20H28O3. The Morgan fingerprint density at radius 3 is 2.87 bits per heavy atom. The summed E-state index contributed by atoms with van der Waals surface area (Å²) in [5.41, 5.74) is 3.77. The zero-order chi connectivity index (χ0) is 16.2. The van der Waals surface area contributed by atoms with Gasteiger partial charge in [0, 0.05) is 17.8 Å². The third-order valence-electron chi connectivity index (χ3n) is 7.47. The van der Waals surface area contributed by atoms with E-state index in [1.807, 2.05) is 0 Å². The molecule has 2 fully saturated rings. The molecule has 4 aliphatic carbocycles. The van der Waals surface area contributed by atoms with Crippen molar-refractivity contribution in [2.45, 2.75) is 64.4 Å². The molecule has 0 saturated heterocycles. The lowest BCUT2D eigenvalue weighted by Gasteiger charge is -2.51. The van der Waals surface area contributed by atoms with E-state index in [-0.39, 0.29) is 24.0 Å². The highest BCUT2D eigenvalue weighted by Gasteiger charge is 2.59. The fourth-order valence-electron chi connectivity index (χ4n) is 6.31. The second-order valence-electron chi connectivity index (χ2n) is 8.14. The van der Waals surface area contributed by atoms with Crippen LogP contribution in [-0.4, -0.2) is 28.7 Å². The summed E-state index contributed by atoms with van der Waals surface area (Å²) in [4.78, 5) is 13.1. The standard InChI is InChI=1S/C20H28O3/c1-2-20-10-17(22)19-14-5-3-12(11-21)9-13(14)4-6-15(19)16(20)7-8-18(20)23/h3,15-16,18-19,21,23H,2,4-11H2,1H3. The van der Waals surface area contributed by atoms with Crippen molar-refractivity contribution >= 4 is 5.78 Å². The van der Waals surface area contributed by atoms with Crippen LogP contribution in [0.3, 0.4) is 0 Å². The lowest BCUT2D eigenvalue weighted by molar-refractivity contribution is -0.139. The predicted molar refractivity (Wildman–Crippen MR) is 88.7 cm³/mol. The minimum absolute atomic E-state index is 0.102. The molecule has 0 aromatic heterocycles. The van der Waals surface area contributed by atoms with Gasteiger partial charge in [-0.15, -0.1) is 0 Å². The summed E-state index contributed by atoms with van der Waals surface area (Å²) < 4.78 is 0. The highest BCUT2D eigenvalue weighted by Crippen LogP contribution is 2.61. The Morgan fingerprint density at radius 1 is 1.30 bits per heavy atom. The second-order valence-corrected chi connectivity index (χ2v) is 8.14. The van der Waals surface area contributed by atoms with Gasteiger partial charge in [0.25, 0.3) is 0 Å². The van der Waals surface area contributed by atoms with Gasteiger partial charge in [-0.2, -0.15) is 0 Å². The van der Waals surface area contributed by atoms with Gasteiger partial charge in [0.1, 0.15) is 5.78 Å². The zero-order valence-electron chi connectivity index (χ0n) is 14.1. The van der Waals surface area contributed by atoms with Crippen LogP contribution in [0.2, 0.25) is 0 Å². The van der Waals surface area contributed by atoms with Crippen molar-refractivity contribution in [3.63, 3.8) is 0 Å². The van der Waals surface area contributed by atoms with E-state index >= 15 is 0 Å². The highest BCUT2D eigenvalue weighted by molar-refractivity contribution is 5.86. The average Bonchev–Trinajstić information content (AvgIpc) is 2.91. The number of allylic oxidation sites excluding steroid dienone is 3. The normalized spacial score (nSPS) is 42.9. The number of hydrogen-bond donors (Lipinski definition) is 2. The molecule has 4 rings (SSSR count). The fourth-order valence-corrected chi connectivity index (χ4v) is 6.31. The van der Waals surface area contributed by atoms with Crippen LogP contribution in [0.4, 0.5) is 0 Å². The fraction of sp³-hybridized carbons (Fsp3) is 0.750. The molecule has 0 aliphatic heterocycles. The van der Waals surface area contributed by atoms with E-state index in [0.29, 0.717) is 24.0 Å². The first-order chi connectivity index (χ1) is 11.1. The Balaban J connectivity index is 1.68. The third kappa shape index (κ3) is 2.12. The number of fused-ring (bicyclic) bond motifs is 4. The van der Waals surface area contributed by atoms with E-state index in [4.69, 9.17) is 0 Å². The van der Waals surface area contributed by atoms with Crippen molar-refractivity contribution in [2.75, 3.05) is 6.61 Å². The van der Waals surface area contributed by atoms with Crippen molar-refractivity contribution < 1.29 is 15.0 Å². The number of Topliss-reactive ketones (excluding diaryl/α,β-unsaturated/α-hetero) is 1. The second kappa shape index (κ2) is 5.56. The highest BCUT2D eigenvalue weighted by atomic mass is 16.3. The van der Waals surface area contributed by atoms with Gasteiger partial charge in [-0.1, -0.05) is 24.1 Å². The molecule has 3 heteroatoms. The smallest absolute Gasteiger partial charge is 0.140 e. The van der Waals surface area contributed by atoms with Gasteiger partial charge < -0.3 is 10.2 Å². The first-order valence-corrected chi connectivity index (χ1v) is 9.31. The molecule has 2 N–H and O–H groups in total. The molecule has 5 unspecified atom stereocenters. The number of hydrogen-bond acceptors (Lipinski definition) is 3. The zero-order valence-corrected chi connectivity index (χ0v) is 14.1. The van der Waals surface area contributed by atoms with Crippen LogP contribution in [0.25, 0.3) is 0 Å². The number of carbonyl (C=O) groups excluding carboxylic acids is 1. The lowest BCUT2D eigenvalue weighted by Crippen LogP contribution is -2.50. The van der Waals surface area contributed by atoms with Gasteiger partial charge >= 0.3 is 0 Å². The van der Waals surface area contributed by atoms with Crippen LogP contribution in [0.15, 0.2) is 22.8 Å². The molecule has 5 atom stereocenters. The molecule has 23 heavy (non-hydrogen) atoms. The molecule has 2 saturated carbocycles. The van der Waals surface area contributed by atoms with Crippen molar-refractivity contribution in [3.05, 3.63) is 22.8 Å². The first kappa shape index (κ1) is 15.6. The molecule has 0 aromatic carbocycles. The number of aliphatic hydroxyl groups excluding tert-OH is 2. The van der Waals surface area contributed by atoms with Gasteiger partial charge in [-0.25, -0.2) is 0 Å². The molecule has 3 nitrogen and oxygen atoms in total. The number of carbonyl (C=O) groups is 1. The Morgan fingerprint density at radius 2 is 2.13 bits per heavy atom. The number of ketones is 1. The summed E-state index contributed by atoms with van der Waals surface area (Å²) >= 11 is 0. The Labute approximate surface area is 138 Å². The van der Waals surface area contributed by atoms with E-state index in [2.05, 4.69) is 13.0 Å². The molecular weight excluding hydrogens is 288 g/mol. The SMILES string of the molecule is CCC12CC(=O)C3C4=C(CCC3C1CCC2O)CC(CO)=CC4. The molecule has 0 spiro atoms. The summed E-state index contributed by atoms with van der Waals surface area (Å²) in [7, 11) is 0. The third-order valence-corrected chi connectivity index (χ3v) is 7.47. The van der Waals surface area contributed by atoms with Gasteiger partial charge in [0.15, 0.2) is 0 Å². The van der Waals surface area contributed by atoms with Crippen molar-refractivity contribution in [1.29, 1.82) is 0 Å². The van der Waals surface area contributed by atoms with E-state index in [1.54, 1.807) is 0 Å². The van der Waals surface area contributed by atoms with Gasteiger partial charge in [-0.3, -0.25) is 4.79 Å². The first-order valence-electron chi connectivity index (χ1n) is 9.31. The van der Waals surface area contributed by atoms with Gasteiger partial charge in [-0.05, 0) is 62.4 Å². The van der Waals surface area contributed by atoms with Crippen LogP contribution < -0.4 is 0 Å². The van der Waals surface area contributed by atoms with E-state index in [9.17, 15) is 15.0 Å². The van der Waals surface area contributed by atoms with Crippen LogP contribution in [-0.2, 0) is 4.79 Å². The van der Waals surface area contributed by atoms with Crippen LogP contribution >= 0.6 is 0 Å². The van der Waals surface area contributed by atoms with Gasteiger partial charge in [0.05, 0.1) is 12.7 Å². The molecule has 0 heterocycles. The number of rotatable bonds is 2. The van der Waals surface area contributed by atoms with Crippen molar-refractivity contribution in [1.82, 2.24) is 0 Å². The maximum Gasteiger partial charge on any atom is 0.140 e. The summed E-state index contributed by atoms with van der Waals surface area (Å²) in [6.07, 6.45) is 9.20. The van der Waals surface area contributed by atoms with Crippen LogP contribution in [0.5, 0.6) is 0 Å². The monoisotopic (exact) mass is 316 g/mol. The summed E-state index contributed by atoms with van der Waals surface area (Å²) in [6.45, 7) is 2.30. The van der Waals surface area contributed by atoms with Gasteiger partial charge in [0.2, 0.25) is 0 Å². The average molecular weight is 316 g/mol. The molecule has 0 amide bonds. The minimum Gasteiger partial charge on any atom is -0.393 e. The Hall–Kier alpha value is -0.930. The lowest BCUT2D eigenvalue weighted by atomic mass is 9.52. The molecule has 0 bridgehead atoms. The molecule has 0 aromatic rings. The van der Waals surface area contributed by atoms with Crippen molar-refractivity contribution in [2.24, 2.45) is 23.2 Å². The summed E-state index contributed by atoms with van der Waals surface area (Å²) in [5, 5.41) is 20.0. The topological polar surface area (TPSA) is 57.5 Å². The van der Waals surface area contributed by atoms with Crippen molar-refractivity contribution in [3.8, 4) is 0 Å². The molecule has 0 radical (unpaired) electrons. The van der Waals surface area contributed by atoms with E-state index in [0.717, 1.165) is 50.5 Å². The Kier molecular flexibility index (Phi) is 3.77. The largest absolute Gasteiger partial charge is 0.393 e. The predicted octanol–water partition coefficient (Wildman–Crippen LogP) is 3.16. The maximum atomic E-state index is 13.1.